The number of phosphoric ester groups is 1. The summed E-state index contributed by atoms with van der Waals surface area (Å²) >= 11 is 7.51. The van der Waals surface area contributed by atoms with Crippen molar-refractivity contribution in [2.75, 3.05) is 6.61 Å². The first-order chi connectivity index (χ1) is 16.9. The van der Waals surface area contributed by atoms with Crippen molar-refractivity contribution in [2.24, 2.45) is 5.73 Å². The minimum Gasteiger partial charge on any atom is -0.490 e. The molecule has 0 unspecified atom stereocenters. The lowest BCUT2D eigenvalue weighted by molar-refractivity contribution is 0.106. The van der Waals surface area contributed by atoms with Crippen molar-refractivity contribution in [3.8, 4) is 38.7 Å². The average Bonchev–Trinajstić information content (AvgIpc) is 3.27. The zero-order valence-corrected chi connectivity index (χ0v) is 21.9. The van der Waals surface area contributed by atoms with Gasteiger partial charge in [-0.05, 0) is 45.0 Å². The van der Waals surface area contributed by atoms with E-state index in [2.05, 4.69) is 20.8 Å². The van der Waals surface area contributed by atoms with Crippen LogP contribution in [0, 0.1) is 17.1 Å². The van der Waals surface area contributed by atoms with Crippen molar-refractivity contribution >= 4 is 30.8 Å². The second kappa shape index (κ2) is 11.6. The molecular weight excluding hydrogens is 534 g/mol. The van der Waals surface area contributed by atoms with E-state index >= 15 is 0 Å². The molecule has 4 N–H and O–H groups in total. The summed E-state index contributed by atoms with van der Waals surface area (Å²) in [7, 11) is -4.73. The van der Waals surface area contributed by atoms with Gasteiger partial charge < -0.3 is 25.0 Å². The molecule has 0 bridgehead atoms. The number of phosphoric acid groups is 1. The van der Waals surface area contributed by atoms with E-state index in [1.165, 1.54) is 13.0 Å². The van der Waals surface area contributed by atoms with Crippen LogP contribution >= 0.6 is 30.8 Å². The quantitative estimate of drug-likeness (QED) is 0.303. The Hall–Kier alpha value is -2.62. The predicted octanol–water partition coefficient (Wildman–Crippen LogP) is 4.53. The number of ether oxygens (including phenoxy) is 2. The first-order valence-electron chi connectivity index (χ1n) is 10.5. The van der Waals surface area contributed by atoms with Crippen LogP contribution in [-0.2, 0) is 9.09 Å². The van der Waals surface area contributed by atoms with E-state index in [-0.39, 0.29) is 29.0 Å². The summed E-state index contributed by atoms with van der Waals surface area (Å²) in [6.45, 7) is 4.80. The minimum absolute atomic E-state index is 0.0905. The highest BCUT2D eigenvalue weighted by Gasteiger charge is 2.25. The van der Waals surface area contributed by atoms with Gasteiger partial charge in [-0.1, -0.05) is 22.9 Å². The summed E-state index contributed by atoms with van der Waals surface area (Å²) in [6.07, 6.45) is -1.14. The molecule has 0 fully saturated rings. The summed E-state index contributed by atoms with van der Waals surface area (Å²) in [5, 5.41) is 18.7. The largest absolute Gasteiger partial charge is 0.490 e. The zero-order chi connectivity index (χ0) is 26.6. The van der Waals surface area contributed by atoms with Crippen LogP contribution in [0.3, 0.4) is 0 Å². The Bertz CT molecular complexity index is 1330. The van der Waals surface area contributed by atoms with Crippen LogP contribution in [0.2, 0.25) is 5.02 Å². The minimum atomic E-state index is -4.73. The van der Waals surface area contributed by atoms with Gasteiger partial charge in [0.05, 0.1) is 28.8 Å². The third kappa shape index (κ3) is 7.21. The van der Waals surface area contributed by atoms with Crippen molar-refractivity contribution in [2.45, 2.75) is 39.0 Å². The van der Waals surface area contributed by atoms with Crippen LogP contribution in [0.15, 0.2) is 30.3 Å². The van der Waals surface area contributed by atoms with Gasteiger partial charge in [0.25, 0.3) is 0 Å². The number of hydrogen-bond donors (Lipinski definition) is 3. The van der Waals surface area contributed by atoms with E-state index in [9.17, 15) is 14.2 Å². The molecule has 0 aliphatic heterocycles. The van der Waals surface area contributed by atoms with Crippen LogP contribution in [0.1, 0.15) is 26.3 Å². The fourth-order valence-electron chi connectivity index (χ4n) is 2.98. The monoisotopic (exact) mass is 556 g/mol. The number of nitrogens with zero attached hydrogens (tertiary/aromatic N) is 3. The second-order valence-corrected chi connectivity index (χ2v) is 10.5. The Balaban J connectivity index is 1.78. The Morgan fingerprint density at radius 3 is 2.53 bits per heavy atom. The molecule has 36 heavy (non-hydrogen) atoms. The van der Waals surface area contributed by atoms with Crippen molar-refractivity contribution in [3.05, 3.63) is 46.7 Å². The second-order valence-electron chi connectivity index (χ2n) is 7.94. The summed E-state index contributed by atoms with van der Waals surface area (Å²) in [6, 6.07) is 8.62. The summed E-state index contributed by atoms with van der Waals surface area (Å²) in [5.74, 6) is -0.486. The number of rotatable bonds is 10. The zero-order valence-electron chi connectivity index (χ0n) is 19.4. The molecule has 2 atom stereocenters. The summed E-state index contributed by atoms with van der Waals surface area (Å²) in [5.41, 5.74) is 7.08. The molecule has 0 spiro atoms. The maximum Gasteiger partial charge on any atom is 0.469 e. The number of nitrogens with two attached hydrogens (primary N) is 1. The van der Waals surface area contributed by atoms with Gasteiger partial charge in [-0.3, -0.25) is 4.52 Å². The molecule has 0 aliphatic carbocycles. The van der Waals surface area contributed by atoms with E-state index in [0.29, 0.717) is 26.9 Å². The fraction of sp³-hybridized carbons (Fsp3) is 0.318. The Kier molecular flexibility index (Phi) is 9.03. The van der Waals surface area contributed by atoms with Gasteiger partial charge in [-0.15, -0.1) is 10.2 Å². The van der Waals surface area contributed by atoms with Crippen LogP contribution in [0.4, 0.5) is 4.39 Å². The smallest absolute Gasteiger partial charge is 0.469 e. The first kappa shape index (κ1) is 28.0. The van der Waals surface area contributed by atoms with Crippen molar-refractivity contribution in [1.82, 2.24) is 10.2 Å². The lowest BCUT2D eigenvalue weighted by Gasteiger charge is -2.21. The van der Waals surface area contributed by atoms with E-state index in [0.717, 1.165) is 17.4 Å². The Morgan fingerprint density at radius 1 is 1.19 bits per heavy atom. The van der Waals surface area contributed by atoms with E-state index in [1.54, 1.807) is 18.2 Å². The fourth-order valence-corrected chi connectivity index (χ4v) is 4.73. The highest BCUT2D eigenvalue weighted by atomic mass is 35.5. The topological polar surface area (TPSA) is 161 Å². The van der Waals surface area contributed by atoms with Gasteiger partial charge in [0.15, 0.2) is 11.6 Å². The van der Waals surface area contributed by atoms with Crippen molar-refractivity contribution < 1.29 is 32.7 Å². The number of halogens is 2. The molecule has 3 aromatic rings. The highest BCUT2D eigenvalue weighted by molar-refractivity contribution is 7.46. The van der Waals surface area contributed by atoms with Gasteiger partial charge in [0.2, 0.25) is 0 Å². The SMILES string of the molecule is CC(C)Oc1ccc(-c2nnc(-c3cc(F)c(OC[C@@H](N)[C@@H](C)OP(=O)(O)O)cc3Cl)s2)cc1C#N. The molecule has 0 saturated carbocycles. The molecule has 0 radical (unpaired) electrons. The highest BCUT2D eigenvalue weighted by Crippen LogP contribution is 2.39. The lowest BCUT2D eigenvalue weighted by Crippen LogP contribution is -2.39. The maximum absolute atomic E-state index is 14.7. The molecule has 0 aliphatic rings. The predicted molar refractivity (Wildman–Crippen MR) is 132 cm³/mol. The average molecular weight is 557 g/mol. The van der Waals surface area contributed by atoms with Gasteiger partial charge in [-0.25, -0.2) is 8.96 Å². The number of benzene rings is 2. The number of aromatic nitrogens is 2. The Labute approximate surface area is 215 Å². The molecule has 192 valence electrons. The molecule has 3 rings (SSSR count). The molecule has 10 nitrogen and oxygen atoms in total. The van der Waals surface area contributed by atoms with Crippen LogP contribution in [0.5, 0.6) is 11.5 Å². The van der Waals surface area contributed by atoms with E-state index in [1.807, 2.05) is 13.8 Å². The standard InChI is InChI=1S/C22H23ClFN4O6PS/c1-11(2)33-19-5-4-13(6-14(19)9-25)21-27-28-22(36-21)15-7-17(24)20(8-16(15)23)32-10-18(26)12(3)34-35(29,30)31/h4-8,11-12,18H,10,26H2,1-3H3,(H2,29,30,31)/t12-,18-/m1/s1. The molecule has 1 heterocycles. The number of hydrogen-bond acceptors (Lipinski definition) is 9. The normalized spacial score (nSPS) is 13.3. The summed E-state index contributed by atoms with van der Waals surface area (Å²) < 4.78 is 41.2. The molecule has 0 saturated heterocycles. The van der Waals surface area contributed by atoms with Crippen molar-refractivity contribution in [1.29, 1.82) is 5.26 Å². The van der Waals surface area contributed by atoms with Gasteiger partial charge in [0, 0.05) is 17.2 Å². The lowest BCUT2D eigenvalue weighted by atomic mass is 10.1. The van der Waals surface area contributed by atoms with Crippen LogP contribution in [-0.4, -0.2) is 44.8 Å². The number of nitriles is 1. The first-order valence-corrected chi connectivity index (χ1v) is 13.3. The maximum atomic E-state index is 14.7. The molecule has 0 amide bonds. The van der Waals surface area contributed by atoms with Crippen LogP contribution < -0.4 is 15.2 Å². The Morgan fingerprint density at radius 2 is 1.89 bits per heavy atom. The van der Waals surface area contributed by atoms with Gasteiger partial charge in [0.1, 0.15) is 28.4 Å². The molecule has 2 aromatic carbocycles. The third-order valence-corrected chi connectivity index (χ3v) is 6.65. The molecular formula is C22H23ClFN4O6PS. The van der Waals surface area contributed by atoms with E-state index in [4.69, 9.17) is 36.6 Å². The van der Waals surface area contributed by atoms with Gasteiger partial charge >= 0.3 is 7.82 Å². The third-order valence-electron chi connectivity index (χ3n) is 4.72. The van der Waals surface area contributed by atoms with E-state index < -0.39 is 25.8 Å². The summed E-state index contributed by atoms with van der Waals surface area (Å²) in [4.78, 5) is 17.7. The molecule has 14 heteroatoms. The van der Waals surface area contributed by atoms with Crippen LogP contribution in [0.25, 0.3) is 21.1 Å². The van der Waals surface area contributed by atoms with Gasteiger partial charge in [-0.2, -0.15) is 5.26 Å². The van der Waals surface area contributed by atoms with Crippen molar-refractivity contribution in [3.63, 3.8) is 0 Å². The molecule has 1 aromatic heterocycles.